The molecule has 1 heterocycles. The van der Waals surface area contributed by atoms with Crippen molar-refractivity contribution >= 4 is 38.5 Å². The van der Waals surface area contributed by atoms with Crippen LogP contribution in [0.15, 0.2) is 16.9 Å². The molecule has 0 aliphatic rings. The van der Waals surface area contributed by atoms with Crippen molar-refractivity contribution in [2.24, 2.45) is 0 Å². The lowest BCUT2D eigenvalue weighted by atomic mass is 10.5. The van der Waals surface area contributed by atoms with Gasteiger partial charge >= 0.3 is 0 Å². The predicted molar refractivity (Wildman–Crippen MR) is 44.6 cm³/mol. The number of pyridine rings is 1. The number of nitrogens with zero attached hydrogens (tertiary/aromatic N) is 1. The zero-order valence-corrected chi connectivity index (χ0v) is 7.98. The minimum atomic E-state index is -0.318. The Morgan fingerprint density at radius 2 is 2.33 bits per heavy atom. The molecule has 0 N–H and O–H groups in total. The third kappa shape index (κ3) is 1.86. The van der Waals surface area contributed by atoms with Gasteiger partial charge in [0.2, 0.25) is 0 Å². The molecule has 4 heteroatoms. The first-order chi connectivity index (χ1) is 4.20. The van der Waals surface area contributed by atoms with Crippen LogP contribution in [-0.4, -0.2) is 4.98 Å². The summed E-state index contributed by atoms with van der Waals surface area (Å²) in [6, 6.07) is 1.41. The SMILES string of the molecule is Fc1cc(I)cnc1Br. The van der Waals surface area contributed by atoms with Crippen molar-refractivity contribution in [2.45, 2.75) is 0 Å². The molecule has 0 aliphatic carbocycles. The topological polar surface area (TPSA) is 12.9 Å². The van der Waals surface area contributed by atoms with Crippen LogP contribution in [-0.2, 0) is 0 Å². The summed E-state index contributed by atoms with van der Waals surface area (Å²) in [4.78, 5) is 3.71. The predicted octanol–water partition coefficient (Wildman–Crippen LogP) is 2.59. The van der Waals surface area contributed by atoms with E-state index in [1.54, 1.807) is 6.20 Å². The minimum Gasteiger partial charge on any atom is -0.245 e. The van der Waals surface area contributed by atoms with E-state index in [-0.39, 0.29) is 10.4 Å². The zero-order chi connectivity index (χ0) is 6.85. The summed E-state index contributed by atoms with van der Waals surface area (Å²) in [6.07, 6.45) is 1.59. The number of halogens is 3. The van der Waals surface area contributed by atoms with E-state index in [4.69, 9.17) is 0 Å². The highest BCUT2D eigenvalue weighted by atomic mass is 127. The quantitative estimate of drug-likeness (QED) is 0.530. The molecular formula is C5H2BrFIN. The van der Waals surface area contributed by atoms with Crippen molar-refractivity contribution in [3.8, 4) is 0 Å². The Morgan fingerprint density at radius 3 is 2.78 bits per heavy atom. The van der Waals surface area contributed by atoms with Gasteiger partial charge in [-0.15, -0.1) is 0 Å². The van der Waals surface area contributed by atoms with E-state index in [9.17, 15) is 4.39 Å². The number of aromatic nitrogens is 1. The molecule has 1 nitrogen and oxygen atoms in total. The number of rotatable bonds is 0. The van der Waals surface area contributed by atoms with Gasteiger partial charge in [-0.2, -0.15) is 0 Å². The minimum absolute atomic E-state index is 0.267. The maximum Gasteiger partial charge on any atom is 0.157 e. The van der Waals surface area contributed by atoms with Gasteiger partial charge in [-0.05, 0) is 44.6 Å². The lowest BCUT2D eigenvalue weighted by Crippen LogP contribution is -1.82. The molecule has 48 valence electrons. The van der Waals surface area contributed by atoms with Crippen LogP contribution in [0.5, 0.6) is 0 Å². The van der Waals surface area contributed by atoms with Crippen molar-refractivity contribution in [2.75, 3.05) is 0 Å². The first-order valence-corrected chi connectivity index (χ1v) is 4.04. The van der Waals surface area contributed by atoms with Crippen molar-refractivity contribution in [3.05, 3.63) is 26.3 Å². The first-order valence-electron chi connectivity index (χ1n) is 2.16. The van der Waals surface area contributed by atoms with Gasteiger partial charge in [0.15, 0.2) is 5.82 Å². The van der Waals surface area contributed by atoms with E-state index in [0.717, 1.165) is 3.57 Å². The second-order valence-corrected chi connectivity index (χ2v) is 3.42. The molecule has 0 amide bonds. The van der Waals surface area contributed by atoms with Crippen molar-refractivity contribution in [1.29, 1.82) is 0 Å². The Labute approximate surface area is 73.9 Å². The van der Waals surface area contributed by atoms with Gasteiger partial charge in [0.25, 0.3) is 0 Å². The summed E-state index contributed by atoms with van der Waals surface area (Å²) in [6.45, 7) is 0. The standard InChI is InChI=1S/C5H2BrFIN/c6-5-4(7)1-3(8)2-9-5/h1-2H. The Morgan fingerprint density at radius 1 is 1.67 bits per heavy atom. The monoisotopic (exact) mass is 301 g/mol. The van der Waals surface area contributed by atoms with E-state index in [1.807, 2.05) is 22.6 Å². The molecule has 9 heavy (non-hydrogen) atoms. The first kappa shape index (κ1) is 7.40. The largest absolute Gasteiger partial charge is 0.245 e. The third-order valence-corrected chi connectivity index (χ3v) is 1.94. The van der Waals surface area contributed by atoms with Crippen LogP contribution >= 0.6 is 38.5 Å². The molecule has 1 aromatic rings. The summed E-state index contributed by atoms with van der Waals surface area (Å²) in [5, 5.41) is 0. The van der Waals surface area contributed by atoms with Gasteiger partial charge in [-0.1, -0.05) is 0 Å². The van der Waals surface area contributed by atoms with Crippen LogP contribution in [0.25, 0.3) is 0 Å². The van der Waals surface area contributed by atoms with Crippen LogP contribution in [0.4, 0.5) is 4.39 Å². The van der Waals surface area contributed by atoms with Crippen LogP contribution in [0.1, 0.15) is 0 Å². The molecular weight excluding hydrogens is 300 g/mol. The van der Waals surface area contributed by atoms with Gasteiger partial charge in [0.1, 0.15) is 4.60 Å². The van der Waals surface area contributed by atoms with E-state index < -0.39 is 0 Å². The molecule has 1 aromatic heterocycles. The van der Waals surface area contributed by atoms with Gasteiger partial charge < -0.3 is 0 Å². The molecule has 1 rings (SSSR count). The smallest absolute Gasteiger partial charge is 0.157 e. The van der Waals surface area contributed by atoms with Crippen molar-refractivity contribution in [1.82, 2.24) is 4.98 Å². The lowest BCUT2D eigenvalue weighted by molar-refractivity contribution is 0.611. The van der Waals surface area contributed by atoms with Gasteiger partial charge in [0, 0.05) is 9.77 Å². The molecule has 0 fully saturated rings. The fourth-order valence-corrected chi connectivity index (χ4v) is 1.03. The molecule has 0 radical (unpaired) electrons. The Bertz CT molecular complexity index is 228. The van der Waals surface area contributed by atoms with Crippen LogP contribution in [0.3, 0.4) is 0 Å². The Balaban J connectivity index is 3.17. The average Bonchev–Trinajstić information content (AvgIpc) is 1.80. The summed E-state index contributed by atoms with van der Waals surface area (Å²) >= 11 is 4.94. The number of hydrogen-bond donors (Lipinski definition) is 0. The van der Waals surface area contributed by atoms with E-state index >= 15 is 0 Å². The fraction of sp³-hybridized carbons (Fsp3) is 0. The molecule has 0 unspecified atom stereocenters. The van der Waals surface area contributed by atoms with Gasteiger partial charge in [0.05, 0.1) is 0 Å². The summed E-state index contributed by atoms with van der Waals surface area (Å²) < 4.78 is 13.5. The molecule has 0 spiro atoms. The van der Waals surface area contributed by atoms with Crippen molar-refractivity contribution in [3.63, 3.8) is 0 Å². The number of hydrogen-bond acceptors (Lipinski definition) is 1. The highest BCUT2D eigenvalue weighted by Gasteiger charge is 1.97. The maximum atomic E-state index is 12.5. The normalized spacial score (nSPS) is 9.67. The van der Waals surface area contributed by atoms with Crippen molar-refractivity contribution < 1.29 is 4.39 Å². The van der Waals surface area contributed by atoms with Gasteiger partial charge in [-0.25, -0.2) is 9.37 Å². The molecule has 0 saturated heterocycles. The molecule has 0 atom stereocenters. The second-order valence-electron chi connectivity index (χ2n) is 1.43. The van der Waals surface area contributed by atoms with Crippen LogP contribution in [0.2, 0.25) is 0 Å². The van der Waals surface area contributed by atoms with E-state index in [1.165, 1.54) is 6.07 Å². The molecule has 0 saturated carbocycles. The second kappa shape index (κ2) is 2.92. The highest BCUT2D eigenvalue weighted by molar-refractivity contribution is 14.1. The third-order valence-electron chi connectivity index (χ3n) is 0.763. The van der Waals surface area contributed by atoms with E-state index in [0.29, 0.717) is 0 Å². The fourth-order valence-electron chi connectivity index (χ4n) is 0.398. The summed E-state index contributed by atoms with van der Waals surface area (Å²) in [5.74, 6) is -0.318. The average molecular weight is 302 g/mol. The van der Waals surface area contributed by atoms with Crippen LogP contribution in [0, 0.1) is 9.39 Å². The van der Waals surface area contributed by atoms with Gasteiger partial charge in [-0.3, -0.25) is 0 Å². The molecule has 0 aromatic carbocycles. The lowest BCUT2D eigenvalue weighted by Gasteiger charge is -1.91. The molecule has 0 bridgehead atoms. The summed E-state index contributed by atoms with van der Waals surface area (Å²) in [7, 11) is 0. The van der Waals surface area contributed by atoms with E-state index in [2.05, 4.69) is 20.9 Å². The maximum absolute atomic E-state index is 12.5. The Kier molecular flexibility index (Phi) is 2.40. The molecule has 0 aliphatic heterocycles. The zero-order valence-electron chi connectivity index (χ0n) is 4.24. The Hall–Kier alpha value is 0.290. The summed E-state index contributed by atoms with van der Waals surface area (Å²) in [5.41, 5.74) is 0. The van der Waals surface area contributed by atoms with Crippen LogP contribution < -0.4 is 0 Å². The highest BCUT2D eigenvalue weighted by Crippen LogP contribution is 2.13.